The summed E-state index contributed by atoms with van der Waals surface area (Å²) in [5, 5.41) is 16.5. The van der Waals surface area contributed by atoms with E-state index in [0.29, 0.717) is 16.7 Å². The number of nitrogens with zero attached hydrogens (tertiary/aromatic N) is 5. The molecule has 0 radical (unpaired) electrons. The highest BCUT2D eigenvalue weighted by Crippen LogP contribution is 2.25. The third-order valence-corrected chi connectivity index (χ3v) is 5.86. The first-order valence-corrected chi connectivity index (χ1v) is 10.8. The van der Waals surface area contributed by atoms with Crippen LogP contribution in [0.1, 0.15) is 49.9 Å². The average molecular weight is 554 g/mol. The van der Waals surface area contributed by atoms with Gasteiger partial charge in [0.15, 0.2) is 5.96 Å². The summed E-state index contributed by atoms with van der Waals surface area (Å²) >= 11 is 12.2. The molecule has 0 saturated heterocycles. The molecule has 29 heavy (non-hydrogen) atoms. The predicted molar refractivity (Wildman–Crippen MR) is 130 cm³/mol. The molecule has 1 aliphatic rings. The molecular weight excluding hydrogens is 524 g/mol. The quantitative estimate of drug-likeness (QED) is 0.236. The smallest absolute Gasteiger partial charge is 0.191 e. The van der Waals surface area contributed by atoms with Crippen molar-refractivity contribution in [1.29, 1.82) is 0 Å². The van der Waals surface area contributed by atoms with Gasteiger partial charge in [0.05, 0.1) is 11.6 Å². The molecule has 7 nitrogen and oxygen atoms in total. The number of aryl methyl sites for hydroxylation is 2. The number of aliphatic imine (C=N–C) groups is 1. The molecule has 0 amide bonds. The van der Waals surface area contributed by atoms with Crippen molar-refractivity contribution in [2.24, 2.45) is 12.0 Å². The molecule has 0 unspecified atom stereocenters. The van der Waals surface area contributed by atoms with E-state index in [1.165, 1.54) is 19.3 Å². The van der Waals surface area contributed by atoms with E-state index >= 15 is 0 Å². The Balaban J connectivity index is 0.00000300. The molecule has 0 aromatic carbocycles. The van der Waals surface area contributed by atoms with Gasteiger partial charge in [0.2, 0.25) is 0 Å². The topological polar surface area (TPSA) is 72.1 Å². The first-order valence-electron chi connectivity index (χ1n) is 10.0. The number of hydrogen-bond acceptors (Lipinski definition) is 3. The molecule has 3 rings (SSSR count). The number of fused-ring (bicyclic) bond motifs is 1. The van der Waals surface area contributed by atoms with Crippen LogP contribution < -0.4 is 10.6 Å². The van der Waals surface area contributed by atoms with Crippen molar-refractivity contribution < 1.29 is 0 Å². The second-order valence-corrected chi connectivity index (χ2v) is 7.82. The summed E-state index contributed by atoms with van der Waals surface area (Å²) < 4.78 is 4.17. The third kappa shape index (κ3) is 6.49. The molecule has 0 spiro atoms. The zero-order chi connectivity index (χ0) is 19.9. The van der Waals surface area contributed by atoms with Crippen LogP contribution in [0.25, 0.3) is 0 Å². The fourth-order valence-corrected chi connectivity index (χ4v) is 3.84. The van der Waals surface area contributed by atoms with Gasteiger partial charge in [0.25, 0.3) is 0 Å². The standard InChI is InChI=1S/C19H29Cl2N7.HI/c1-3-22-19(24-13-14-12-15(20)18(21)27(14)2)23-10-7-9-17-26-25-16-8-5-4-6-11-28(16)17;/h12H,3-11,13H2,1-2H3,(H2,22,23,24);1H. The van der Waals surface area contributed by atoms with Crippen molar-refractivity contribution in [1.82, 2.24) is 30.0 Å². The summed E-state index contributed by atoms with van der Waals surface area (Å²) in [6.45, 7) is 5.24. The first-order chi connectivity index (χ1) is 13.6. The van der Waals surface area contributed by atoms with Gasteiger partial charge in [0.1, 0.15) is 16.8 Å². The van der Waals surface area contributed by atoms with Crippen molar-refractivity contribution in [3.8, 4) is 0 Å². The highest BCUT2D eigenvalue weighted by Gasteiger charge is 2.14. The molecule has 1 aliphatic heterocycles. The molecule has 2 N–H and O–H groups in total. The van der Waals surface area contributed by atoms with Gasteiger partial charge in [-0.25, -0.2) is 4.99 Å². The minimum atomic E-state index is 0. The SMILES string of the molecule is CCNC(=NCc1cc(Cl)c(Cl)n1C)NCCCc1nnc2n1CCCCC2.I. The van der Waals surface area contributed by atoms with Crippen LogP contribution in [-0.2, 0) is 33.0 Å². The van der Waals surface area contributed by atoms with Crippen LogP contribution in [0.2, 0.25) is 10.2 Å². The van der Waals surface area contributed by atoms with Gasteiger partial charge in [-0.1, -0.05) is 29.6 Å². The second-order valence-electron chi connectivity index (χ2n) is 7.05. The van der Waals surface area contributed by atoms with Crippen molar-refractivity contribution in [3.05, 3.63) is 33.6 Å². The van der Waals surface area contributed by atoms with Gasteiger partial charge < -0.3 is 19.8 Å². The minimum absolute atomic E-state index is 0. The fourth-order valence-electron chi connectivity index (χ4n) is 3.43. The summed E-state index contributed by atoms with van der Waals surface area (Å²) in [6, 6.07) is 1.86. The van der Waals surface area contributed by atoms with E-state index in [9.17, 15) is 0 Å². The van der Waals surface area contributed by atoms with Crippen LogP contribution in [0.4, 0.5) is 0 Å². The number of guanidine groups is 1. The summed E-state index contributed by atoms with van der Waals surface area (Å²) in [7, 11) is 1.89. The van der Waals surface area contributed by atoms with E-state index in [4.69, 9.17) is 23.2 Å². The first kappa shape index (κ1) is 24.3. The van der Waals surface area contributed by atoms with Crippen molar-refractivity contribution in [2.75, 3.05) is 13.1 Å². The predicted octanol–water partition coefficient (Wildman–Crippen LogP) is 3.96. The number of aromatic nitrogens is 4. The number of hydrogen-bond donors (Lipinski definition) is 2. The number of halogens is 3. The Kier molecular flexibility index (Phi) is 10.0. The number of rotatable bonds is 7. The Morgan fingerprint density at radius 2 is 2.03 bits per heavy atom. The van der Waals surface area contributed by atoms with Crippen molar-refractivity contribution in [3.63, 3.8) is 0 Å². The van der Waals surface area contributed by atoms with Gasteiger partial charge in [-0.2, -0.15) is 0 Å². The van der Waals surface area contributed by atoms with Gasteiger partial charge in [-0.15, -0.1) is 34.2 Å². The van der Waals surface area contributed by atoms with Crippen LogP contribution in [-0.4, -0.2) is 38.4 Å². The lowest BCUT2D eigenvalue weighted by Gasteiger charge is -2.12. The third-order valence-electron chi connectivity index (χ3n) is 5.01. The Morgan fingerprint density at radius 1 is 1.21 bits per heavy atom. The largest absolute Gasteiger partial charge is 0.357 e. The maximum Gasteiger partial charge on any atom is 0.191 e. The van der Waals surface area contributed by atoms with E-state index in [2.05, 4.69) is 37.3 Å². The van der Waals surface area contributed by atoms with E-state index in [1.54, 1.807) is 0 Å². The molecule has 0 saturated carbocycles. The lowest BCUT2D eigenvalue weighted by molar-refractivity contribution is 0.594. The van der Waals surface area contributed by atoms with Gasteiger partial charge >= 0.3 is 0 Å². The normalized spacial score (nSPS) is 14.1. The molecule has 2 aromatic rings. The Bertz CT molecular complexity index is 816. The Morgan fingerprint density at radius 3 is 2.76 bits per heavy atom. The van der Waals surface area contributed by atoms with Crippen LogP contribution in [0.15, 0.2) is 11.1 Å². The van der Waals surface area contributed by atoms with Gasteiger partial charge in [-0.05, 0) is 32.3 Å². The van der Waals surface area contributed by atoms with Crippen molar-refractivity contribution in [2.45, 2.75) is 58.5 Å². The summed E-state index contributed by atoms with van der Waals surface area (Å²) in [5.41, 5.74) is 0.971. The van der Waals surface area contributed by atoms with Gasteiger partial charge in [-0.3, -0.25) is 0 Å². The van der Waals surface area contributed by atoms with E-state index in [0.717, 1.165) is 62.2 Å². The molecular formula is C19H30Cl2IN7. The van der Waals surface area contributed by atoms with Crippen LogP contribution in [0.5, 0.6) is 0 Å². The zero-order valence-electron chi connectivity index (χ0n) is 17.0. The Hall–Kier alpha value is -1.000. The summed E-state index contributed by atoms with van der Waals surface area (Å²) in [5.74, 6) is 3.04. The highest BCUT2D eigenvalue weighted by molar-refractivity contribution is 14.0. The molecule has 0 fully saturated rings. The molecule has 2 aromatic heterocycles. The average Bonchev–Trinajstić information content (AvgIpc) is 3.06. The fraction of sp³-hybridized carbons (Fsp3) is 0.632. The van der Waals surface area contributed by atoms with Crippen LogP contribution in [0.3, 0.4) is 0 Å². The Labute approximate surface area is 199 Å². The maximum atomic E-state index is 6.12. The molecule has 0 bridgehead atoms. The van der Waals surface area contributed by atoms with Crippen molar-refractivity contribution >= 4 is 53.1 Å². The maximum absolute atomic E-state index is 6.12. The monoisotopic (exact) mass is 553 g/mol. The van der Waals surface area contributed by atoms with Crippen LogP contribution in [0, 0.1) is 0 Å². The summed E-state index contributed by atoms with van der Waals surface area (Å²) in [4.78, 5) is 4.64. The molecule has 3 heterocycles. The molecule has 10 heteroatoms. The van der Waals surface area contributed by atoms with E-state index < -0.39 is 0 Å². The van der Waals surface area contributed by atoms with E-state index in [1.807, 2.05) is 17.7 Å². The summed E-state index contributed by atoms with van der Waals surface area (Å²) in [6.07, 6.45) is 6.67. The highest BCUT2D eigenvalue weighted by atomic mass is 127. The lowest BCUT2D eigenvalue weighted by Crippen LogP contribution is -2.38. The lowest BCUT2D eigenvalue weighted by atomic mass is 10.2. The molecule has 0 atom stereocenters. The van der Waals surface area contributed by atoms with Crippen LogP contribution >= 0.6 is 47.2 Å². The van der Waals surface area contributed by atoms with Gasteiger partial charge in [0, 0.05) is 45.2 Å². The number of nitrogens with one attached hydrogen (secondary N) is 2. The zero-order valence-corrected chi connectivity index (χ0v) is 20.9. The molecule has 162 valence electrons. The van der Waals surface area contributed by atoms with E-state index in [-0.39, 0.29) is 24.0 Å². The second kappa shape index (κ2) is 12.0. The molecule has 0 aliphatic carbocycles. The minimum Gasteiger partial charge on any atom is -0.357 e.